The quantitative estimate of drug-likeness (QED) is 0.727. The molecule has 1 saturated carbocycles. The smallest absolute Gasteiger partial charge is 0.325 e. The molecule has 2 heterocycles. The number of benzene rings is 1. The lowest BCUT2D eigenvalue weighted by Gasteiger charge is -2.25. The van der Waals surface area contributed by atoms with Crippen LogP contribution in [0.4, 0.5) is 4.79 Å². The van der Waals surface area contributed by atoms with Crippen LogP contribution < -0.4 is 10.1 Å². The van der Waals surface area contributed by atoms with Gasteiger partial charge in [-0.25, -0.2) is 4.79 Å². The van der Waals surface area contributed by atoms with Gasteiger partial charge in [0, 0.05) is 32.0 Å². The van der Waals surface area contributed by atoms with Crippen molar-refractivity contribution in [2.75, 3.05) is 19.7 Å². The molecule has 7 nitrogen and oxygen atoms in total. The van der Waals surface area contributed by atoms with E-state index in [9.17, 15) is 14.4 Å². The van der Waals surface area contributed by atoms with Crippen molar-refractivity contribution in [1.82, 2.24) is 15.1 Å². The average molecular weight is 414 g/mol. The van der Waals surface area contributed by atoms with E-state index < -0.39 is 5.54 Å². The van der Waals surface area contributed by atoms with Crippen LogP contribution in [-0.4, -0.2) is 52.9 Å². The Morgan fingerprint density at radius 1 is 1.13 bits per heavy atom. The molecule has 1 spiro atoms. The lowest BCUT2D eigenvalue weighted by molar-refractivity contribution is -0.132. The molecule has 3 aliphatic rings. The Kier molecular flexibility index (Phi) is 5.97. The highest BCUT2D eigenvalue weighted by molar-refractivity contribution is 6.07. The normalized spacial score (nSPS) is 23.8. The van der Waals surface area contributed by atoms with Gasteiger partial charge in [0.15, 0.2) is 0 Å². The fraction of sp³-hybridized carbons (Fsp3) is 0.609. The second-order valence-electron chi connectivity index (χ2n) is 8.77. The van der Waals surface area contributed by atoms with Crippen molar-refractivity contribution in [3.8, 4) is 5.75 Å². The van der Waals surface area contributed by atoms with Crippen molar-refractivity contribution in [1.29, 1.82) is 0 Å². The predicted molar refractivity (Wildman–Crippen MR) is 112 cm³/mol. The van der Waals surface area contributed by atoms with Crippen molar-refractivity contribution in [2.24, 2.45) is 5.92 Å². The Balaban J connectivity index is 1.38. The molecule has 162 valence electrons. The van der Waals surface area contributed by atoms with Crippen LogP contribution in [0.3, 0.4) is 0 Å². The molecular formula is C23H31N3O4. The van der Waals surface area contributed by atoms with E-state index in [1.54, 1.807) is 0 Å². The number of rotatable bonds is 6. The minimum atomic E-state index is -0.713. The molecular weight excluding hydrogens is 382 g/mol. The SMILES string of the molecule is CCOc1cccc(CN2CC(CN3C(=O)NC4(CCCCCC4)C3=O)CC2=O)c1. The first-order valence-electron chi connectivity index (χ1n) is 11.1. The summed E-state index contributed by atoms with van der Waals surface area (Å²) in [6.45, 7) is 3.92. The van der Waals surface area contributed by atoms with Gasteiger partial charge in [-0.15, -0.1) is 0 Å². The van der Waals surface area contributed by atoms with Crippen LogP contribution in [0.25, 0.3) is 0 Å². The molecule has 1 atom stereocenters. The van der Waals surface area contributed by atoms with Crippen molar-refractivity contribution < 1.29 is 19.1 Å². The number of amides is 4. The summed E-state index contributed by atoms with van der Waals surface area (Å²) in [4.78, 5) is 41.5. The number of nitrogens with one attached hydrogen (secondary N) is 1. The molecule has 7 heteroatoms. The molecule has 4 amide bonds. The number of carbonyl (C=O) groups is 3. The van der Waals surface area contributed by atoms with E-state index >= 15 is 0 Å². The Hall–Kier alpha value is -2.57. The lowest BCUT2D eigenvalue weighted by atomic mass is 9.90. The first-order valence-corrected chi connectivity index (χ1v) is 11.1. The minimum Gasteiger partial charge on any atom is -0.494 e. The molecule has 1 unspecified atom stereocenters. The van der Waals surface area contributed by atoms with Crippen LogP contribution in [0.5, 0.6) is 5.75 Å². The summed E-state index contributed by atoms with van der Waals surface area (Å²) in [5.74, 6) is 0.747. The fourth-order valence-electron chi connectivity index (χ4n) is 5.02. The number of hydrogen-bond acceptors (Lipinski definition) is 4. The molecule has 0 radical (unpaired) electrons. The van der Waals surface area contributed by atoms with Crippen LogP contribution in [0, 0.1) is 5.92 Å². The maximum Gasteiger partial charge on any atom is 0.325 e. The summed E-state index contributed by atoms with van der Waals surface area (Å²) < 4.78 is 5.54. The highest BCUT2D eigenvalue weighted by Crippen LogP contribution is 2.34. The second-order valence-corrected chi connectivity index (χ2v) is 8.77. The van der Waals surface area contributed by atoms with E-state index in [2.05, 4.69) is 5.32 Å². The van der Waals surface area contributed by atoms with E-state index in [0.29, 0.717) is 32.7 Å². The summed E-state index contributed by atoms with van der Waals surface area (Å²) in [6.07, 6.45) is 5.98. The van der Waals surface area contributed by atoms with Crippen molar-refractivity contribution >= 4 is 17.8 Å². The molecule has 4 rings (SSSR count). The average Bonchev–Trinajstić information content (AvgIpc) is 3.04. The number of carbonyl (C=O) groups excluding carboxylic acids is 3. The van der Waals surface area contributed by atoms with Crippen molar-refractivity contribution in [3.05, 3.63) is 29.8 Å². The van der Waals surface area contributed by atoms with Gasteiger partial charge in [-0.1, -0.05) is 37.8 Å². The number of hydrogen-bond donors (Lipinski definition) is 1. The maximum absolute atomic E-state index is 13.1. The molecule has 30 heavy (non-hydrogen) atoms. The highest BCUT2D eigenvalue weighted by Gasteiger charge is 2.51. The largest absolute Gasteiger partial charge is 0.494 e. The molecule has 1 aromatic carbocycles. The van der Waals surface area contributed by atoms with Crippen LogP contribution in [0.15, 0.2) is 24.3 Å². The molecule has 2 saturated heterocycles. The van der Waals surface area contributed by atoms with Crippen molar-refractivity contribution in [2.45, 2.75) is 64.0 Å². The van der Waals surface area contributed by atoms with E-state index in [1.165, 1.54) is 4.90 Å². The summed E-state index contributed by atoms with van der Waals surface area (Å²) in [7, 11) is 0. The van der Waals surface area contributed by atoms with Crippen LogP contribution in [0.2, 0.25) is 0 Å². The van der Waals surface area contributed by atoms with Crippen LogP contribution in [0.1, 0.15) is 57.4 Å². The lowest BCUT2D eigenvalue weighted by Crippen LogP contribution is -2.46. The van der Waals surface area contributed by atoms with Gasteiger partial charge < -0.3 is 15.0 Å². The Bertz CT molecular complexity index is 816. The van der Waals surface area contributed by atoms with Gasteiger partial charge in [0.2, 0.25) is 5.91 Å². The number of ether oxygens (including phenoxy) is 1. The monoisotopic (exact) mass is 413 g/mol. The van der Waals surface area contributed by atoms with Gasteiger partial charge in [0.25, 0.3) is 5.91 Å². The molecule has 2 aliphatic heterocycles. The first kappa shape index (κ1) is 20.7. The Labute approximate surface area is 177 Å². The van der Waals surface area contributed by atoms with Gasteiger partial charge in [-0.05, 0) is 37.5 Å². The summed E-state index contributed by atoms with van der Waals surface area (Å²) in [5.41, 5.74) is 0.303. The van der Waals surface area contributed by atoms with Gasteiger partial charge in [-0.3, -0.25) is 14.5 Å². The van der Waals surface area contributed by atoms with Gasteiger partial charge in [-0.2, -0.15) is 0 Å². The van der Waals surface area contributed by atoms with Crippen molar-refractivity contribution in [3.63, 3.8) is 0 Å². The highest BCUT2D eigenvalue weighted by atomic mass is 16.5. The zero-order valence-electron chi connectivity index (χ0n) is 17.7. The maximum atomic E-state index is 13.1. The number of imide groups is 1. The summed E-state index contributed by atoms with van der Waals surface area (Å²) in [5, 5.41) is 2.99. The number of likely N-dealkylation sites (tertiary alicyclic amines) is 1. The molecule has 3 fully saturated rings. The standard InChI is InChI=1S/C23H31N3O4/c1-2-30-19-9-7-8-17(12-19)14-25-15-18(13-20(25)27)16-26-21(28)23(24-22(26)29)10-5-3-4-6-11-23/h7-9,12,18H,2-6,10-11,13-16H2,1H3,(H,24,29). The first-order chi connectivity index (χ1) is 14.5. The third-order valence-corrected chi connectivity index (χ3v) is 6.52. The molecule has 0 aromatic heterocycles. The van der Waals surface area contributed by atoms with E-state index in [4.69, 9.17) is 4.74 Å². The van der Waals surface area contributed by atoms with Gasteiger partial charge >= 0.3 is 6.03 Å². The fourth-order valence-corrected chi connectivity index (χ4v) is 5.02. The second kappa shape index (κ2) is 8.66. The third-order valence-electron chi connectivity index (χ3n) is 6.52. The Morgan fingerprint density at radius 3 is 2.63 bits per heavy atom. The van der Waals surface area contributed by atoms with E-state index in [0.717, 1.165) is 49.8 Å². The molecule has 1 aromatic rings. The number of urea groups is 1. The molecule has 1 aliphatic carbocycles. The zero-order chi connectivity index (χ0) is 21.1. The minimum absolute atomic E-state index is 0.0248. The summed E-state index contributed by atoms with van der Waals surface area (Å²) >= 11 is 0. The van der Waals surface area contributed by atoms with E-state index in [-0.39, 0.29) is 23.8 Å². The zero-order valence-corrected chi connectivity index (χ0v) is 17.7. The third kappa shape index (κ3) is 4.16. The van der Waals surface area contributed by atoms with Gasteiger partial charge in [0.1, 0.15) is 11.3 Å². The van der Waals surface area contributed by atoms with Crippen LogP contribution in [-0.2, 0) is 16.1 Å². The topological polar surface area (TPSA) is 79.0 Å². The summed E-state index contributed by atoms with van der Waals surface area (Å²) in [6, 6.07) is 7.48. The molecule has 1 N–H and O–H groups in total. The number of nitrogens with zero attached hydrogens (tertiary/aromatic N) is 2. The van der Waals surface area contributed by atoms with E-state index in [1.807, 2.05) is 36.1 Å². The molecule has 0 bridgehead atoms. The van der Waals surface area contributed by atoms with Crippen LogP contribution >= 0.6 is 0 Å². The predicted octanol–water partition coefficient (Wildman–Crippen LogP) is 3.08. The Morgan fingerprint density at radius 2 is 1.90 bits per heavy atom. The van der Waals surface area contributed by atoms with Gasteiger partial charge in [0.05, 0.1) is 6.61 Å².